The summed E-state index contributed by atoms with van der Waals surface area (Å²) >= 11 is 6.11. The summed E-state index contributed by atoms with van der Waals surface area (Å²) in [6, 6.07) is 9.83. The Morgan fingerprint density at radius 3 is 2.62 bits per heavy atom. The highest BCUT2D eigenvalue weighted by Gasteiger charge is 2.19. The molecule has 1 aliphatic rings. The summed E-state index contributed by atoms with van der Waals surface area (Å²) in [7, 11) is 2.21. The van der Waals surface area contributed by atoms with Gasteiger partial charge in [0.25, 0.3) is 0 Å². The quantitative estimate of drug-likeness (QED) is 0.823. The first-order valence-corrected chi connectivity index (χ1v) is 8.66. The van der Waals surface area contributed by atoms with Crippen LogP contribution in [-0.2, 0) is 0 Å². The van der Waals surface area contributed by atoms with Gasteiger partial charge in [0, 0.05) is 29.7 Å². The number of halogens is 1. The summed E-state index contributed by atoms with van der Waals surface area (Å²) in [5, 5.41) is 4.57. The second-order valence-corrected chi connectivity index (χ2v) is 6.93. The van der Waals surface area contributed by atoms with E-state index in [4.69, 9.17) is 11.6 Å². The molecule has 21 heavy (non-hydrogen) atoms. The van der Waals surface area contributed by atoms with Gasteiger partial charge in [0.05, 0.1) is 0 Å². The van der Waals surface area contributed by atoms with E-state index in [0.717, 1.165) is 17.6 Å². The smallest absolute Gasteiger partial charge is 0.0409 e. The second-order valence-electron chi connectivity index (χ2n) is 6.49. The lowest BCUT2D eigenvalue weighted by molar-refractivity contribution is 0.186. The number of likely N-dealkylation sites (N-methyl/N-ethyl adjacent to an activating group) is 1. The molecular formula is C18H29ClN2. The fourth-order valence-corrected chi connectivity index (χ4v) is 3.37. The first-order valence-electron chi connectivity index (χ1n) is 8.28. The van der Waals surface area contributed by atoms with E-state index in [1.54, 1.807) is 0 Å². The summed E-state index contributed by atoms with van der Waals surface area (Å²) in [5.41, 5.74) is 1.29. The Labute approximate surface area is 134 Å². The number of nitrogens with zero attached hydrogens (tertiary/aromatic N) is 1. The van der Waals surface area contributed by atoms with Crippen LogP contribution in [0.3, 0.4) is 0 Å². The standard InChI is InChI=1S/C18H29ClN2/c1-14(13-20-18-10-5-4-6-11-18)21(3)15(2)16-8-7-9-17(19)12-16/h7-9,12,14-15,18,20H,4-6,10-11,13H2,1-3H3. The predicted molar refractivity (Wildman–Crippen MR) is 92.0 cm³/mol. The lowest BCUT2D eigenvalue weighted by Gasteiger charge is -2.33. The van der Waals surface area contributed by atoms with Gasteiger partial charge < -0.3 is 5.32 Å². The van der Waals surface area contributed by atoms with Crippen LogP contribution in [0.1, 0.15) is 57.6 Å². The van der Waals surface area contributed by atoms with Crippen LogP contribution in [0.25, 0.3) is 0 Å². The van der Waals surface area contributed by atoms with Crippen LogP contribution in [-0.4, -0.2) is 30.6 Å². The number of rotatable bonds is 6. The van der Waals surface area contributed by atoms with Crippen molar-refractivity contribution in [2.24, 2.45) is 0 Å². The zero-order chi connectivity index (χ0) is 15.2. The van der Waals surface area contributed by atoms with Crippen molar-refractivity contribution in [2.45, 2.75) is 64.1 Å². The van der Waals surface area contributed by atoms with Gasteiger partial charge in [0.15, 0.2) is 0 Å². The van der Waals surface area contributed by atoms with Crippen molar-refractivity contribution in [2.75, 3.05) is 13.6 Å². The van der Waals surface area contributed by atoms with Crippen LogP contribution < -0.4 is 5.32 Å². The molecule has 2 rings (SSSR count). The third-order valence-corrected chi connectivity index (χ3v) is 5.18. The minimum atomic E-state index is 0.381. The topological polar surface area (TPSA) is 15.3 Å². The molecule has 0 radical (unpaired) electrons. The fourth-order valence-electron chi connectivity index (χ4n) is 3.17. The van der Waals surface area contributed by atoms with Crippen molar-refractivity contribution in [3.05, 3.63) is 34.9 Å². The lowest BCUT2D eigenvalue weighted by Crippen LogP contribution is -2.43. The molecule has 0 aliphatic heterocycles. The van der Waals surface area contributed by atoms with Crippen molar-refractivity contribution >= 4 is 11.6 Å². The maximum absolute atomic E-state index is 6.11. The highest BCUT2D eigenvalue weighted by Crippen LogP contribution is 2.23. The van der Waals surface area contributed by atoms with E-state index in [1.165, 1.54) is 37.7 Å². The lowest BCUT2D eigenvalue weighted by atomic mass is 9.95. The normalized spacial score (nSPS) is 19.7. The Hall–Kier alpha value is -0.570. The van der Waals surface area contributed by atoms with Gasteiger partial charge in [-0.25, -0.2) is 0 Å². The first kappa shape index (κ1) is 16.8. The average molecular weight is 309 g/mol. The summed E-state index contributed by atoms with van der Waals surface area (Å²) in [4.78, 5) is 2.43. The SMILES string of the molecule is CC(CNC1CCCCC1)N(C)C(C)c1cccc(Cl)c1. The van der Waals surface area contributed by atoms with Gasteiger partial charge in [-0.15, -0.1) is 0 Å². The Morgan fingerprint density at radius 2 is 1.95 bits per heavy atom. The van der Waals surface area contributed by atoms with Gasteiger partial charge in [-0.3, -0.25) is 4.90 Å². The summed E-state index contributed by atoms with van der Waals surface area (Å²) < 4.78 is 0. The van der Waals surface area contributed by atoms with Gasteiger partial charge in [-0.2, -0.15) is 0 Å². The van der Waals surface area contributed by atoms with Crippen molar-refractivity contribution in [3.8, 4) is 0 Å². The molecule has 1 aromatic rings. The highest BCUT2D eigenvalue weighted by molar-refractivity contribution is 6.30. The van der Waals surface area contributed by atoms with Crippen LogP contribution in [0.2, 0.25) is 5.02 Å². The van der Waals surface area contributed by atoms with E-state index in [2.05, 4.69) is 43.2 Å². The van der Waals surface area contributed by atoms with Crippen LogP contribution in [0.4, 0.5) is 0 Å². The Balaban J connectivity index is 1.84. The van der Waals surface area contributed by atoms with Crippen LogP contribution in [0.15, 0.2) is 24.3 Å². The van der Waals surface area contributed by atoms with Gasteiger partial charge >= 0.3 is 0 Å². The predicted octanol–water partition coefficient (Wildman–Crippen LogP) is 4.64. The molecule has 118 valence electrons. The van der Waals surface area contributed by atoms with Crippen molar-refractivity contribution in [1.29, 1.82) is 0 Å². The minimum absolute atomic E-state index is 0.381. The molecule has 2 unspecified atom stereocenters. The number of nitrogens with one attached hydrogen (secondary N) is 1. The Bertz CT molecular complexity index is 429. The summed E-state index contributed by atoms with van der Waals surface area (Å²) in [6.07, 6.45) is 6.89. The van der Waals surface area contributed by atoms with Gasteiger partial charge in [-0.05, 0) is 51.4 Å². The number of benzene rings is 1. The first-order chi connectivity index (χ1) is 10.1. The van der Waals surface area contributed by atoms with Crippen molar-refractivity contribution in [3.63, 3.8) is 0 Å². The summed E-state index contributed by atoms with van der Waals surface area (Å²) in [5.74, 6) is 0. The minimum Gasteiger partial charge on any atom is -0.312 e. The molecule has 0 bridgehead atoms. The van der Waals surface area contributed by atoms with Crippen LogP contribution in [0.5, 0.6) is 0 Å². The average Bonchev–Trinajstić information content (AvgIpc) is 2.52. The molecule has 1 fully saturated rings. The van der Waals surface area contributed by atoms with E-state index >= 15 is 0 Å². The van der Waals surface area contributed by atoms with E-state index < -0.39 is 0 Å². The molecule has 3 heteroatoms. The van der Waals surface area contributed by atoms with E-state index in [1.807, 2.05) is 12.1 Å². The van der Waals surface area contributed by atoms with Crippen LogP contribution >= 0.6 is 11.6 Å². The van der Waals surface area contributed by atoms with E-state index in [-0.39, 0.29) is 0 Å². The second kappa shape index (κ2) is 8.17. The molecule has 2 nitrogen and oxygen atoms in total. The zero-order valence-electron chi connectivity index (χ0n) is 13.6. The molecule has 1 aliphatic carbocycles. The van der Waals surface area contributed by atoms with E-state index in [0.29, 0.717) is 12.1 Å². The fraction of sp³-hybridized carbons (Fsp3) is 0.667. The molecular weight excluding hydrogens is 280 g/mol. The van der Waals surface area contributed by atoms with E-state index in [9.17, 15) is 0 Å². The third-order valence-electron chi connectivity index (χ3n) is 4.94. The molecule has 1 aromatic carbocycles. The largest absolute Gasteiger partial charge is 0.312 e. The molecule has 0 aromatic heterocycles. The molecule has 0 heterocycles. The molecule has 0 saturated heterocycles. The monoisotopic (exact) mass is 308 g/mol. The molecule has 1 saturated carbocycles. The maximum Gasteiger partial charge on any atom is 0.0409 e. The maximum atomic E-state index is 6.11. The molecule has 0 amide bonds. The van der Waals surface area contributed by atoms with Gasteiger partial charge in [0.1, 0.15) is 0 Å². The van der Waals surface area contributed by atoms with Crippen molar-refractivity contribution in [1.82, 2.24) is 10.2 Å². The van der Waals surface area contributed by atoms with Crippen LogP contribution in [0, 0.1) is 0 Å². The van der Waals surface area contributed by atoms with Gasteiger partial charge in [0.2, 0.25) is 0 Å². The molecule has 1 N–H and O–H groups in total. The molecule has 0 spiro atoms. The van der Waals surface area contributed by atoms with Crippen molar-refractivity contribution < 1.29 is 0 Å². The zero-order valence-corrected chi connectivity index (χ0v) is 14.4. The van der Waals surface area contributed by atoms with Gasteiger partial charge in [-0.1, -0.05) is 43.0 Å². The highest BCUT2D eigenvalue weighted by atomic mass is 35.5. The number of hydrogen-bond acceptors (Lipinski definition) is 2. The summed E-state index contributed by atoms with van der Waals surface area (Å²) in [6.45, 7) is 5.62. The Kier molecular flexibility index (Phi) is 6.53. The Morgan fingerprint density at radius 1 is 1.24 bits per heavy atom. The number of hydrogen-bond donors (Lipinski definition) is 1. The molecule has 2 atom stereocenters. The third kappa shape index (κ3) is 4.98.